The van der Waals surface area contributed by atoms with E-state index in [9.17, 15) is 4.79 Å². The molecule has 0 aromatic heterocycles. The molecule has 2 nitrogen and oxygen atoms in total. The van der Waals surface area contributed by atoms with Gasteiger partial charge in [0.05, 0.1) is 4.20 Å². The van der Waals surface area contributed by atoms with E-state index in [0.717, 1.165) is 28.5 Å². The number of carbonyl (C=O) groups is 1. The van der Waals surface area contributed by atoms with E-state index in [-0.39, 0.29) is 5.78 Å². The second-order valence-electron chi connectivity index (χ2n) is 4.36. The molecule has 1 aliphatic rings. The van der Waals surface area contributed by atoms with Crippen molar-refractivity contribution in [2.75, 3.05) is 12.3 Å². The van der Waals surface area contributed by atoms with Gasteiger partial charge in [0.2, 0.25) is 0 Å². The van der Waals surface area contributed by atoms with Crippen LogP contribution in [0, 0.1) is 0 Å². The Labute approximate surface area is 118 Å². The lowest BCUT2D eigenvalue weighted by Crippen LogP contribution is -2.27. The summed E-state index contributed by atoms with van der Waals surface area (Å²) in [6.07, 6.45) is 2.90. The first-order valence-corrected chi connectivity index (χ1v) is 7.65. The molecule has 1 aliphatic heterocycles. The number of Topliss-reactive ketones (excluding diaryl/α,β-unsaturated/α-hetero) is 1. The SMILES string of the molecule is O=C(CCSC(=S)C1CCCN1)c1ccccc1. The first-order chi connectivity index (χ1) is 8.77. The Kier molecular flexibility index (Phi) is 5.35. The third kappa shape index (κ3) is 3.90. The van der Waals surface area contributed by atoms with Crippen LogP contribution in [0.25, 0.3) is 0 Å². The predicted molar refractivity (Wildman–Crippen MR) is 81.5 cm³/mol. The molecule has 1 unspecified atom stereocenters. The number of thiocarbonyl (C=S) groups is 1. The monoisotopic (exact) mass is 279 g/mol. The molecule has 2 rings (SSSR count). The maximum absolute atomic E-state index is 11.9. The zero-order chi connectivity index (χ0) is 12.8. The minimum Gasteiger partial charge on any atom is -0.309 e. The van der Waals surface area contributed by atoms with Crippen molar-refractivity contribution < 1.29 is 4.79 Å². The second kappa shape index (κ2) is 7.02. The Bertz CT molecular complexity index is 413. The van der Waals surface area contributed by atoms with Crippen LogP contribution in [-0.2, 0) is 0 Å². The molecule has 0 saturated carbocycles. The third-order valence-electron chi connectivity index (χ3n) is 3.01. The average molecular weight is 279 g/mol. The third-order valence-corrected chi connectivity index (χ3v) is 4.63. The van der Waals surface area contributed by atoms with Crippen LogP contribution in [0.15, 0.2) is 30.3 Å². The molecular formula is C14H17NOS2. The number of benzene rings is 1. The van der Waals surface area contributed by atoms with E-state index in [1.807, 2.05) is 30.3 Å². The fraction of sp³-hybridized carbons (Fsp3) is 0.429. The van der Waals surface area contributed by atoms with Crippen LogP contribution in [0.4, 0.5) is 0 Å². The largest absolute Gasteiger partial charge is 0.309 e. The normalized spacial score (nSPS) is 18.8. The maximum Gasteiger partial charge on any atom is 0.163 e. The highest BCUT2D eigenvalue weighted by molar-refractivity contribution is 8.23. The molecule has 1 aromatic rings. The van der Waals surface area contributed by atoms with Crippen LogP contribution in [-0.4, -0.2) is 28.3 Å². The van der Waals surface area contributed by atoms with E-state index in [2.05, 4.69) is 5.32 Å². The van der Waals surface area contributed by atoms with Crippen molar-refractivity contribution in [2.45, 2.75) is 25.3 Å². The Balaban J connectivity index is 1.72. The van der Waals surface area contributed by atoms with Crippen LogP contribution in [0.2, 0.25) is 0 Å². The first-order valence-electron chi connectivity index (χ1n) is 6.25. The summed E-state index contributed by atoms with van der Waals surface area (Å²) in [6, 6.07) is 9.82. The maximum atomic E-state index is 11.9. The molecule has 0 radical (unpaired) electrons. The number of nitrogens with one attached hydrogen (secondary N) is 1. The van der Waals surface area contributed by atoms with Gasteiger partial charge in [-0.25, -0.2) is 0 Å². The minimum absolute atomic E-state index is 0.199. The topological polar surface area (TPSA) is 29.1 Å². The van der Waals surface area contributed by atoms with Crippen LogP contribution in [0.5, 0.6) is 0 Å². The number of ketones is 1. The van der Waals surface area contributed by atoms with Crippen molar-refractivity contribution in [1.82, 2.24) is 5.32 Å². The van der Waals surface area contributed by atoms with Crippen LogP contribution in [0.1, 0.15) is 29.6 Å². The molecule has 1 atom stereocenters. The number of rotatable bonds is 5. The highest BCUT2D eigenvalue weighted by Crippen LogP contribution is 2.17. The fourth-order valence-electron chi connectivity index (χ4n) is 2.00. The lowest BCUT2D eigenvalue weighted by molar-refractivity contribution is 0.0989. The van der Waals surface area contributed by atoms with Gasteiger partial charge in [-0.2, -0.15) is 0 Å². The first kappa shape index (κ1) is 13.7. The molecule has 0 amide bonds. The molecule has 0 spiro atoms. The number of hydrogen-bond acceptors (Lipinski definition) is 4. The highest BCUT2D eigenvalue weighted by atomic mass is 32.2. The van der Waals surface area contributed by atoms with Crippen LogP contribution >= 0.6 is 24.0 Å². The van der Waals surface area contributed by atoms with Gasteiger partial charge in [0.15, 0.2) is 5.78 Å². The Morgan fingerprint density at radius 1 is 1.39 bits per heavy atom. The summed E-state index contributed by atoms with van der Waals surface area (Å²) in [7, 11) is 0. The summed E-state index contributed by atoms with van der Waals surface area (Å²) in [5, 5.41) is 3.38. The summed E-state index contributed by atoms with van der Waals surface area (Å²) in [4.78, 5) is 11.9. The molecule has 1 aromatic carbocycles. The zero-order valence-corrected chi connectivity index (χ0v) is 11.9. The molecule has 1 heterocycles. The summed E-state index contributed by atoms with van der Waals surface area (Å²) < 4.78 is 1.01. The molecule has 0 aliphatic carbocycles. The summed E-state index contributed by atoms with van der Waals surface area (Å²) >= 11 is 7.02. The number of thioether (sulfide) groups is 1. The van der Waals surface area contributed by atoms with Crippen molar-refractivity contribution in [1.29, 1.82) is 0 Å². The molecule has 1 saturated heterocycles. The van der Waals surface area contributed by atoms with Gasteiger partial charge in [0.25, 0.3) is 0 Å². The van der Waals surface area contributed by atoms with E-state index >= 15 is 0 Å². The molecule has 0 bridgehead atoms. The van der Waals surface area contributed by atoms with Gasteiger partial charge in [0.1, 0.15) is 0 Å². The second-order valence-corrected chi connectivity index (χ2v) is 6.19. The average Bonchev–Trinajstić information content (AvgIpc) is 2.93. The molecule has 1 fully saturated rings. The Morgan fingerprint density at radius 2 is 2.17 bits per heavy atom. The highest BCUT2D eigenvalue weighted by Gasteiger charge is 2.19. The zero-order valence-electron chi connectivity index (χ0n) is 10.2. The van der Waals surface area contributed by atoms with Gasteiger partial charge < -0.3 is 5.32 Å². The van der Waals surface area contributed by atoms with Crippen molar-refractivity contribution >= 4 is 34.0 Å². The van der Waals surface area contributed by atoms with Crippen LogP contribution < -0.4 is 5.32 Å². The number of hydrogen-bond donors (Lipinski definition) is 1. The van der Waals surface area contributed by atoms with Crippen molar-refractivity contribution in [3.8, 4) is 0 Å². The van der Waals surface area contributed by atoms with Gasteiger partial charge in [-0.1, -0.05) is 42.5 Å². The van der Waals surface area contributed by atoms with E-state index in [1.54, 1.807) is 11.8 Å². The lowest BCUT2D eigenvalue weighted by atomic mass is 10.1. The summed E-state index contributed by atoms with van der Waals surface area (Å²) in [6.45, 7) is 1.06. The number of carbonyl (C=O) groups excluding carboxylic acids is 1. The van der Waals surface area contributed by atoms with Gasteiger partial charge in [-0.05, 0) is 19.4 Å². The van der Waals surface area contributed by atoms with E-state index in [0.29, 0.717) is 12.5 Å². The molecule has 18 heavy (non-hydrogen) atoms. The van der Waals surface area contributed by atoms with Crippen molar-refractivity contribution in [2.24, 2.45) is 0 Å². The van der Waals surface area contributed by atoms with Gasteiger partial charge in [-0.3, -0.25) is 4.79 Å². The Morgan fingerprint density at radius 3 is 2.83 bits per heavy atom. The summed E-state index contributed by atoms with van der Waals surface area (Å²) in [5.74, 6) is 0.982. The Hall–Kier alpha value is -0.710. The quantitative estimate of drug-likeness (QED) is 0.662. The van der Waals surface area contributed by atoms with Crippen LogP contribution in [0.3, 0.4) is 0 Å². The smallest absolute Gasteiger partial charge is 0.163 e. The van der Waals surface area contributed by atoms with Gasteiger partial charge in [0, 0.05) is 23.8 Å². The molecule has 96 valence electrons. The molecule has 1 N–H and O–H groups in total. The van der Waals surface area contributed by atoms with Gasteiger partial charge in [-0.15, -0.1) is 11.8 Å². The van der Waals surface area contributed by atoms with Crippen molar-refractivity contribution in [3.63, 3.8) is 0 Å². The lowest BCUT2D eigenvalue weighted by Gasteiger charge is -2.10. The minimum atomic E-state index is 0.199. The predicted octanol–water partition coefficient (Wildman–Crippen LogP) is 3.07. The molecular weight excluding hydrogens is 262 g/mol. The van der Waals surface area contributed by atoms with Crippen molar-refractivity contribution in [3.05, 3.63) is 35.9 Å². The summed E-state index contributed by atoms with van der Waals surface area (Å²) in [5.41, 5.74) is 0.794. The fourth-order valence-corrected chi connectivity index (χ4v) is 3.34. The van der Waals surface area contributed by atoms with E-state index < -0.39 is 0 Å². The van der Waals surface area contributed by atoms with E-state index in [1.165, 1.54) is 6.42 Å². The van der Waals surface area contributed by atoms with E-state index in [4.69, 9.17) is 12.2 Å². The molecule has 4 heteroatoms. The van der Waals surface area contributed by atoms with Gasteiger partial charge >= 0.3 is 0 Å². The standard InChI is InChI=1S/C14H17NOS2/c16-13(11-5-2-1-3-6-11)8-10-18-14(17)12-7-4-9-15-12/h1-3,5-6,12,15H,4,7-10H2.